The van der Waals surface area contributed by atoms with Crippen LogP contribution in [0.4, 0.5) is 5.13 Å². The molecule has 0 radical (unpaired) electrons. The Balaban J connectivity index is 1.48. The molecule has 1 unspecified atom stereocenters. The molecular weight excluding hydrogens is 342 g/mol. The van der Waals surface area contributed by atoms with E-state index in [2.05, 4.69) is 46.5 Å². The van der Waals surface area contributed by atoms with E-state index in [0.717, 1.165) is 29.5 Å². The zero-order chi connectivity index (χ0) is 17.8. The smallest absolute Gasteiger partial charge is 0.186 e. The van der Waals surface area contributed by atoms with E-state index in [1.165, 1.54) is 24.0 Å². The summed E-state index contributed by atoms with van der Waals surface area (Å²) < 4.78 is 5.97. The normalized spacial score (nSPS) is 17.3. The zero-order valence-corrected chi connectivity index (χ0v) is 15.8. The van der Waals surface area contributed by atoms with Crippen LogP contribution < -0.4 is 9.64 Å². The van der Waals surface area contributed by atoms with Crippen molar-refractivity contribution in [3.63, 3.8) is 0 Å². The first-order chi connectivity index (χ1) is 12.8. The lowest BCUT2D eigenvalue weighted by atomic mass is 10.0. The van der Waals surface area contributed by atoms with Gasteiger partial charge in [-0.15, -0.1) is 11.3 Å². The first-order valence-electron chi connectivity index (χ1n) is 9.11. The summed E-state index contributed by atoms with van der Waals surface area (Å²) in [6, 6.07) is 12.8. The van der Waals surface area contributed by atoms with Crippen LogP contribution in [0, 0.1) is 6.92 Å². The fourth-order valence-corrected chi connectivity index (χ4v) is 4.24. The molecule has 0 spiro atoms. The zero-order valence-electron chi connectivity index (χ0n) is 15.0. The number of pyridine rings is 1. The standard InChI is InChI=1S/C21H23N3OS/c1-16-7-9-17(10-8-16)20-15-26-21(23-20)24-12-3-2-5-18(24)14-25-19-6-4-11-22-13-19/h4,6-11,13,15,18H,2-3,5,12,14H2,1H3. The molecule has 0 N–H and O–H groups in total. The lowest BCUT2D eigenvalue weighted by Crippen LogP contribution is -2.43. The van der Waals surface area contributed by atoms with Crippen LogP contribution >= 0.6 is 11.3 Å². The monoisotopic (exact) mass is 365 g/mol. The number of benzene rings is 1. The van der Waals surface area contributed by atoms with Gasteiger partial charge in [0, 0.05) is 23.7 Å². The fraction of sp³-hybridized carbons (Fsp3) is 0.333. The molecule has 26 heavy (non-hydrogen) atoms. The van der Waals surface area contributed by atoms with E-state index in [1.54, 1.807) is 23.7 Å². The van der Waals surface area contributed by atoms with Gasteiger partial charge >= 0.3 is 0 Å². The summed E-state index contributed by atoms with van der Waals surface area (Å²) in [4.78, 5) is 11.5. The van der Waals surface area contributed by atoms with Gasteiger partial charge in [0.1, 0.15) is 12.4 Å². The Bertz CT molecular complexity index is 832. The second-order valence-electron chi connectivity index (χ2n) is 6.72. The van der Waals surface area contributed by atoms with Crippen molar-refractivity contribution in [2.45, 2.75) is 32.2 Å². The van der Waals surface area contributed by atoms with Crippen molar-refractivity contribution in [1.82, 2.24) is 9.97 Å². The van der Waals surface area contributed by atoms with Crippen LogP contribution in [0.25, 0.3) is 11.3 Å². The van der Waals surface area contributed by atoms with Gasteiger partial charge in [-0.1, -0.05) is 29.8 Å². The van der Waals surface area contributed by atoms with E-state index >= 15 is 0 Å². The maximum Gasteiger partial charge on any atom is 0.186 e. The number of rotatable bonds is 5. The van der Waals surface area contributed by atoms with Crippen molar-refractivity contribution < 1.29 is 4.74 Å². The van der Waals surface area contributed by atoms with Crippen molar-refractivity contribution in [3.8, 4) is 17.0 Å². The second kappa shape index (κ2) is 7.87. The topological polar surface area (TPSA) is 38.2 Å². The van der Waals surface area contributed by atoms with Gasteiger partial charge in [-0.05, 0) is 38.3 Å². The van der Waals surface area contributed by atoms with Crippen molar-refractivity contribution in [1.29, 1.82) is 0 Å². The lowest BCUT2D eigenvalue weighted by molar-refractivity contribution is 0.259. The van der Waals surface area contributed by atoms with Crippen LogP contribution in [0.5, 0.6) is 5.75 Å². The minimum atomic E-state index is 0.362. The molecule has 3 heterocycles. The van der Waals surface area contributed by atoms with Gasteiger partial charge in [0.05, 0.1) is 17.9 Å². The van der Waals surface area contributed by atoms with E-state index in [1.807, 2.05) is 12.1 Å². The van der Waals surface area contributed by atoms with Gasteiger partial charge < -0.3 is 9.64 Å². The molecule has 1 aromatic carbocycles. The highest BCUT2D eigenvalue weighted by atomic mass is 32.1. The fourth-order valence-electron chi connectivity index (χ4n) is 3.30. The van der Waals surface area contributed by atoms with E-state index in [0.29, 0.717) is 12.6 Å². The Kier molecular flexibility index (Phi) is 5.16. The van der Waals surface area contributed by atoms with Crippen LogP contribution in [0.15, 0.2) is 54.2 Å². The molecule has 1 aliphatic heterocycles. The minimum Gasteiger partial charge on any atom is -0.490 e. The van der Waals surface area contributed by atoms with Gasteiger partial charge in [0.25, 0.3) is 0 Å². The van der Waals surface area contributed by atoms with Gasteiger partial charge in [-0.25, -0.2) is 4.98 Å². The molecule has 134 valence electrons. The molecule has 0 saturated carbocycles. The van der Waals surface area contributed by atoms with Crippen molar-refractivity contribution in [2.75, 3.05) is 18.1 Å². The summed E-state index contributed by atoms with van der Waals surface area (Å²) in [7, 11) is 0. The largest absolute Gasteiger partial charge is 0.490 e. The van der Waals surface area contributed by atoms with Crippen molar-refractivity contribution in [2.24, 2.45) is 0 Å². The molecule has 4 nitrogen and oxygen atoms in total. The summed E-state index contributed by atoms with van der Waals surface area (Å²) in [5.41, 5.74) is 3.51. The number of aromatic nitrogens is 2. The molecule has 5 heteroatoms. The van der Waals surface area contributed by atoms with Crippen LogP contribution in [-0.2, 0) is 0 Å². The van der Waals surface area contributed by atoms with Gasteiger partial charge in [-0.2, -0.15) is 0 Å². The number of nitrogens with zero attached hydrogens (tertiary/aromatic N) is 3. The molecular formula is C21H23N3OS. The Morgan fingerprint density at radius 2 is 2.08 bits per heavy atom. The number of hydrogen-bond donors (Lipinski definition) is 0. The number of hydrogen-bond acceptors (Lipinski definition) is 5. The van der Waals surface area contributed by atoms with Crippen molar-refractivity contribution >= 4 is 16.5 Å². The lowest BCUT2D eigenvalue weighted by Gasteiger charge is -2.35. The Morgan fingerprint density at radius 3 is 2.88 bits per heavy atom. The molecule has 1 atom stereocenters. The average molecular weight is 366 g/mol. The van der Waals surface area contributed by atoms with E-state index in [9.17, 15) is 0 Å². The highest BCUT2D eigenvalue weighted by Gasteiger charge is 2.25. The van der Waals surface area contributed by atoms with Crippen LogP contribution in [0.3, 0.4) is 0 Å². The number of aryl methyl sites for hydroxylation is 1. The van der Waals surface area contributed by atoms with Crippen LogP contribution in [0.1, 0.15) is 24.8 Å². The van der Waals surface area contributed by atoms with Gasteiger partial charge in [0.15, 0.2) is 5.13 Å². The number of anilines is 1. The maximum atomic E-state index is 5.97. The van der Waals surface area contributed by atoms with Crippen molar-refractivity contribution in [3.05, 3.63) is 59.7 Å². The molecule has 0 aliphatic carbocycles. The molecule has 2 aromatic heterocycles. The molecule has 1 aliphatic rings. The van der Waals surface area contributed by atoms with Crippen LogP contribution in [0.2, 0.25) is 0 Å². The molecule has 1 fully saturated rings. The second-order valence-corrected chi connectivity index (χ2v) is 7.56. The highest BCUT2D eigenvalue weighted by molar-refractivity contribution is 7.14. The molecule has 0 amide bonds. The summed E-state index contributed by atoms with van der Waals surface area (Å²) in [5.74, 6) is 0.831. The Labute approximate surface area is 158 Å². The highest BCUT2D eigenvalue weighted by Crippen LogP contribution is 2.32. The molecule has 3 aromatic rings. The third kappa shape index (κ3) is 3.88. The quantitative estimate of drug-likeness (QED) is 0.641. The van der Waals surface area contributed by atoms with E-state index in [4.69, 9.17) is 9.72 Å². The maximum absolute atomic E-state index is 5.97. The molecule has 4 rings (SSSR count). The van der Waals surface area contributed by atoms with Gasteiger partial charge in [-0.3, -0.25) is 4.98 Å². The summed E-state index contributed by atoms with van der Waals surface area (Å²) in [6.07, 6.45) is 7.13. The first-order valence-corrected chi connectivity index (χ1v) is 9.99. The Morgan fingerprint density at radius 1 is 1.19 bits per heavy atom. The minimum absolute atomic E-state index is 0.362. The third-order valence-corrected chi connectivity index (χ3v) is 5.67. The predicted molar refractivity (Wildman–Crippen MR) is 107 cm³/mol. The molecule has 0 bridgehead atoms. The predicted octanol–water partition coefficient (Wildman–Crippen LogP) is 4.95. The number of ether oxygens (including phenoxy) is 1. The van der Waals surface area contributed by atoms with E-state index in [-0.39, 0.29) is 0 Å². The number of piperidine rings is 1. The Hall–Kier alpha value is -2.40. The summed E-state index contributed by atoms with van der Waals surface area (Å²) >= 11 is 1.73. The van der Waals surface area contributed by atoms with E-state index < -0.39 is 0 Å². The SMILES string of the molecule is Cc1ccc(-c2csc(N3CCCCC3COc3cccnc3)n2)cc1. The summed E-state index contributed by atoms with van der Waals surface area (Å²) in [5, 5.41) is 3.26. The average Bonchev–Trinajstić information content (AvgIpc) is 3.18. The summed E-state index contributed by atoms with van der Waals surface area (Å²) in [6.45, 7) is 3.82. The van der Waals surface area contributed by atoms with Gasteiger partial charge in [0.2, 0.25) is 0 Å². The van der Waals surface area contributed by atoms with Crippen LogP contribution in [-0.4, -0.2) is 29.2 Å². The number of thiazole rings is 1. The molecule has 1 saturated heterocycles. The first kappa shape index (κ1) is 17.0. The third-order valence-electron chi connectivity index (χ3n) is 4.79.